The molecular weight excluding hydrogens is 234 g/mol. The lowest BCUT2D eigenvalue weighted by Crippen LogP contribution is -2.44. The highest BCUT2D eigenvalue weighted by Gasteiger charge is 2.26. The Hall–Kier alpha value is -1.02. The van der Waals surface area contributed by atoms with Crippen molar-refractivity contribution in [2.24, 2.45) is 0 Å². The minimum absolute atomic E-state index is 0.0452. The average Bonchev–Trinajstić information content (AvgIpc) is 2.37. The maximum atomic E-state index is 12.3. The maximum Gasteiger partial charge on any atom is 0.254 e. The first kappa shape index (κ1) is 14.0. The van der Waals surface area contributed by atoms with E-state index in [9.17, 15) is 4.79 Å². The van der Waals surface area contributed by atoms with E-state index in [2.05, 4.69) is 20.8 Å². The zero-order valence-electron chi connectivity index (χ0n) is 11.0. The van der Waals surface area contributed by atoms with Crippen molar-refractivity contribution in [2.75, 3.05) is 7.05 Å². The standard InChI is InChI=1S/C14H20ClNO/c1-5-14(2,3)16(4)13(17)12-8-6-7-11(9-12)10-15/h6-9H,5,10H2,1-4H3. The van der Waals surface area contributed by atoms with Gasteiger partial charge >= 0.3 is 0 Å². The van der Waals surface area contributed by atoms with Gasteiger partial charge in [0.1, 0.15) is 0 Å². The SMILES string of the molecule is CCC(C)(C)N(C)C(=O)c1cccc(CCl)c1. The number of carbonyl (C=O) groups excluding carboxylic acids is 1. The van der Waals surface area contributed by atoms with Gasteiger partial charge in [-0.25, -0.2) is 0 Å². The molecular formula is C14H20ClNO. The number of amides is 1. The lowest BCUT2D eigenvalue weighted by Gasteiger charge is -2.35. The fourth-order valence-electron chi connectivity index (χ4n) is 1.49. The van der Waals surface area contributed by atoms with Crippen LogP contribution >= 0.6 is 11.6 Å². The van der Waals surface area contributed by atoms with Crippen LogP contribution in [0.4, 0.5) is 0 Å². The summed E-state index contributed by atoms with van der Waals surface area (Å²) in [5.41, 5.74) is 1.54. The molecule has 0 aliphatic rings. The van der Waals surface area contributed by atoms with Gasteiger partial charge in [0.25, 0.3) is 5.91 Å². The summed E-state index contributed by atoms with van der Waals surface area (Å²) in [6, 6.07) is 7.49. The Kier molecular flexibility index (Phi) is 4.58. The number of alkyl halides is 1. The minimum Gasteiger partial charge on any atom is -0.337 e. The Bertz CT molecular complexity index is 401. The molecule has 1 amide bonds. The number of hydrogen-bond donors (Lipinski definition) is 0. The van der Waals surface area contributed by atoms with Crippen LogP contribution in [-0.2, 0) is 5.88 Å². The number of nitrogens with zero attached hydrogens (tertiary/aromatic N) is 1. The number of halogens is 1. The van der Waals surface area contributed by atoms with Gasteiger partial charge in [-0.15, -0.1) is 11.6 Å². The Morgan fingerprint density at radius 2 is 2.06 bits per heavy atom. The molecule has 0 aliphatic heterocycles. The smallest absolute Gasteiger partial charge is 0.254 e. The summed E-state index contributed by atoms with van der Waals surface area (Å²) in [6.45, 7) is 6.21. The molecule has 0 bridgehead atoms. The van der Waals surface area contributed by atoms with Gasteiger partial charge in [-0.1, -0.05) is 19.1 Å². The Labute approximate surface area is 109 Å². The molecule has 1 aromatic carbocycles. The predicted molar refractivity (Wildman–Crippen MR) is 72.5 cm³/mol. The third-order valence-corrected chi connectivity index (χ3v) is 3.71. The quantitative estimate of drug-likeness (QED) is 0.750. The molecule has 1 rings (SSSR count). The van der Waals surface area contributed by atoms with E-state index < -0.39 is 0 Å². The zero-order valence-corrected chi connectivity index (χ0v) is 11.7. The third-order valence-electron chi connectivity index (χ3n) is 3.41. The summed E-state index contributed by atoms with van der Waals surface area (Å²) in [4.78, 5) is 14.1. The van der Waals surface area contributed by atoms with Crippen molar-refractivity contribution in [3.05, 3.63) is 35.4 Å². The van der Waals surface area contributed by atoms with Gasteiger partial charge < -0.3 is 4.90 Å². The molecule has 0 heterocycles. The Morgan fingerprint density at radius 1 is 1.41 bits per heavy atom. The third kappa shape index (κ3) is 3.22. The van der Waals surface area contributed by atoms with Gasteiger partial charge in [0.15, 0.2) is 0 Å². The van der Waals surface area contributed by atoms with E-state index in [1.165, 1.54) is 0 Å². The van der Waals surface area contributed by atoms with Crippen LogP contribution in [0.25, 0.3) is 0 Å². The molecule has 0 saturated heterocycles. The van der Waals surface area contributed by atoms with Crippen LogP contribution in [0.1, 0.15) is 43.1 Å². The number of hydrogen-bond acceptors (Lipinski definition) is 1. The highest BCUT2D eigenvalue weighted by Crippen LogP contribution is 2.20. The first-order valence-corrected chi connectivity index (χ1v) is 6.39. The second kappa shape index (κ2) is 5.54. The molecule has 0 fully saturated rings. The van der Waals surface area contributed by atoms with Crippen molar-refractivity contribution in [2.45, 2.75) is 38.6 Å². The summed E-state index contributed by atoms with van der Waals surface area (Å²) in [5, 5.41) is 0. The molecule has 0 atom stereocenters. The summed E-state index contributed by atoms with van der Waals surface area (Å²) in [5.74, 6) is 0.478. The molecule has 0 N–H and O–H groups in total. The van der Waals surface area contributed by atoms with Crippen LogP contribution in [0.3, 0.4) is 0 Å². The molecule has 94 valence electrons. The van der Waals surface area contributed by atoms with Gasteiger partial charge in [0, 0.05) is 24.0 Å². The molecule has 0 saturated carbocycles. The van der Waals surface area contributed by atoms with Crippen LogP contribution in [0.5, 0.6) is 0 Å². The van der Waals surface area contributed by atoms with Crippen molar-refractivity contribution in [3.8, 4) is 0 Å². The van der Waals surface area contributed by atoms with Crippen LogP contribution in [0.2, 0.25) is 0 Å². The Balaban J connectivity index is 2.96. The van der Waals surface area contributed by atoms with Gasteiger partial charge in [-0.05, 0) is 38.0 Å². The van der Waals surface area contributed by atoms with Gasteiger partial charge in [0.05, 0.1) is 0 Å². The van der Waals surface area contributed by atoms with Crippen LogP contribution < -0.4 is 0 Å². The van der Waals surface area contributed by atoms with Gasteiger partial charge in [0.2, 0.25) is 0 Å². The van der Waals surface area contributed by atoms with Crippen molar-refractivity contribution in [1.82, 2.24) is 4.90 Å². The van der Waals surface area contributed by atoms with E-state index in [1.54, 1.807) is 4.90 Å². The minimum atomic E-state index is -0.131. The fraction of sp³-hybridized carbons (Fsp3) is 0.500. The fourth-order valence-corrected chi connectivity index (χ4v) is 1.66. The topological polar surface area (TPSA) is 20.3 Å². The molecule has 17 heavy (non-hydrogen) atoms. The van der Waals surface area contributed by atoms with Crippen molar-refractivity contribution < 1.29 is 4.79 Å². The second-order valence-corrected chi connectivity index (χ2v) is 5.13. The zero-order chi connectivity index (χ0) is 13.1. The molecule has 0 unspecified atom stereocenters. The second-order valence-electron chi connectivity index (χ2n) is 4.86. The number of benzene rings is 1. The van der Waals surface area contributed by atoms with Crippen LogP contribution in [-0.4, -0.2) is 23.4 Å². The first-order valence-electron chi connectivity index (χ1n) is 5.85. The molecule has 0 spiro atoms. The van der Waals surface area contributed by atoms with E-state index in [4.69, 9.17) is 11.6 Å². The van der Waals surface area contributed by atoms with E-state index in [0.717, 1.165) is 12.0 Å². The normalized spacial score (nSPS) is 11.4. The average molecular weight is 254 g/mol. The summed E-state index contributed by atoms with van der Waals surface area (Å²) in [7, 11) is 1.85. The Morgan fingerprint density at radius 3 is 2.59 bits per heavy atom. The highest BCUT2D eigenvalue weighted by atomic mass is 35.5. The lowest BCUT2D eigenvalue weighted by atomic mass is 9.98. The number of rotatable bonds is 4. The largest absolute Gasteiger partial charge is 0.337 e. The molecule has 0 aromatic heterocycles. The van der Waals surface area contributed by atoms with Crippen LogP contribution in [0, 0.1) is 0 Å². The van der Waals surface area contributed by atoms with E-state index >= 15 is 0 Å². The summed E-state index contributed by atoms with van der Waals surface area (Å²) < 4.78 is 0. The molecule has 0 aliphatic carbocycles. The monoisotopic (exact) mass is 253 g/mol. The highest BCUT2D eigenvalue weighted by molar-refractivity contribution is 6.17. The molecule has 2 nitrogen and oxygen atoms in total. The summed E-state index contributed by atoms with van der Waals surface area (Å²) in [6.07, 6.45) is 0.921. The number of carbonyl (C=O) groups is 1. The van der Waals surface area contributed by atoms with E-state index in [-0.39, 0.29) is 11.4 Å². The summed E-state index contributed by atoms with van der Waals surface area (Å²) >= 11 is 5.78. The van der Waals surface area contributed by atoms with Crippen molar-refractivity contribution >= 4 is 17.5 Å². The maximum absolute atomic E-state index is 12.3. The van der Waals surface area contributed by atoms with E-state index in [1.807, 2.05) is 31.3 Å². The van der Waals surface area contributed by atoms with Crippen molar-refractivity contribution in [1.29, 1.82) is 0 Å². The first-order chi connectivity index (χ1) is 7.92. The van der Waals surface area contributed by atoms with Gasteiger partial charge in [-0.2, -0.15) is 0 Å². The molecule has 1 aromatic rings. The predicted octanol–water partition coefficient (Wildman–Crippen LogP) is 3.69. The lowest BCUT2D eigenvalue weighted by molar-refractivity contribution is 0.0620. The molecule has 0 radical (unpaired) electrons. The van der Waals surface area contributed by atoms with Crippen LogP contribution in [0.15, 0.2) is 24.3 Å². The molecule has 3 heteroatoms. The van der Waals surface area contributed by atoms with E-state index in [0.29, 0.717) is 11.4 Å². The van der Waals surface area contributed by atoms with Gasteiger partial charge in [-0.3, -0.25) is 4.79 Å². The van der Waals surface area contributed by atoms with Crippen molar-refractivity contribution in [3.63, 3.8) is 0 Å².